The van der Waals surface area contributed by atoms with Gasteiger partial charge in [-0.2, -0.15) is 14.8 Å². The topological polar surface area (TPSA) is 91.7 Å². The summed E-state index contributed by atoms with van der Waals surface area (Å²) in [4.78, 5) is 10.8. The third-order valence-corrected chi connectivity index (χ3v) is 3.88. The van der Waals surface area contributed by atoms with Gasteiger partial charge < -0.3 is 11.5 Å². The molecule has 76 valence electrons. The van der Waals surface area contributed by atoms with Gasteiger partial charge in [0.15, 0.2) is 4.75 Å². The number of rotatable bonds is 2. The van der Waals surface area contributed by atoms with Crippen molar-refractivity contribution in [3.63, 3.8) is 0 Å². The number of hydrogen-bond acceptors (Lipinski definition) is 3. The first kappa shape index (κ1) is 14.4. The largest absolute Gasteiger partial charge is 1.00 e. The average Bonchev–Trinajstić information content (AvgIpc) is 2.03. The van der Waals surface area contributed by atoms with E-state index in [9.17, 15) is 13.2 Å². The molecule has 1 aliphatic carbocycles. The smallest absolute Gasteiger partial charge is 0.480 e. The summed E-state index contributed by atoms with van der Waals surface area (Å²) in [6.45, 7) is 0. The van der Waals surface area contributed by atoms with Crippen LogP contribution < -0.4 is 29.6 Å². The second-order valence-electron chi connectivity index (χ2n) is 3.16. The normalized spacial score (nSPS) is 27.8. The van der Waals surface area contributed by atoms with Crippen LogP contribution in [0.25, 0.3) is 0 Å². The molecule has 0 aromatic heterocycles. The van der Waals surface area contributed by atoms with Gasteiger partial charge in [0.05, 0.1) is 0 Å². The summed E-state index contributed by atoms with van der Waals surface area (Å²) < 4.78 is 28.6. The van der Waals surface area contributed by atoms with Crippen molar-refractivity contribution >= 4 is 16.1 Å². The summed E-state index contributed by atoms with van der Waals surface area (Å²) in [6, 6.07) is 0. The number of carboxylic acids is 1. The van der Waals surface area contributed by atoms with E-state index in [1.54, 1.807) is 6.42 Å². The van der Waals surface area contributed by atoms with Crippen molar-refractivity contribution in [2.45, 2.75) is 30.4 Å². The SMILES string of the molecule is O=C(O)C1(S(=O)(=O)O)C[CH-]CCC1.[Na+]. The standard InChI is InChI=1S/C7H11O5S.Na/c8-6(9)7(13(10,11)12)4-2-1-3-5-7;/h2H,1,3-5H2,(H,8,9)(H,10,11,12);/q-1;+1. The van der Waals surface area contributed by atoms with Crippen LogP contribution in [0.2, 0.25) is 0 Å². The van der Waals surface area contributed by atoms with Crippen molar-refractivity contribution in [1.82, 2.24) is 0 Å². The van der Waals surface area contributed by atoms with E-state index in [0.29, 0.717) is 12.8 Å². The Hall–Kier alpha value is 0.380. The van der Waals surface area contributed by atoms with Crippen LogP contribution in [0.3, 0.4) is 0 Å². The molecule has 0 saturated heterocycles. The van der Waals surface area contributed by atoms with Gasteiger partial charge in [-0.05, 0) is 6.42 Å². The summed E-state index contributed by atoms with van der Waals surface area (Å²) in [5, 5.41) is 8.77. The van der Waals surface area contributed by atoms with Crippen LogP contribution in [0.5, 0.6) is 0 Å². The minimum absolute atomic E-state index is 0. The van der Waals surface area contributed by atoms with Gasteiger partial charge in [0.2, 0.25) is 0 Å². The Labute approximate surface area is 105 Å². The van der Waals surface area contributed by atoms with E-state index in [2.05, 4.69) is 0 Å². The maximum atomic E-state index is 10.9. The van der Waals surface area contributed by atoms with Crippen LogP contribution in [0, 0.1) is 6.42 Å². The molecule has 1 rings (SSSR count). The molecule has 0 amide bonds. The van der Waals surface area contributed by atoms with E-state index >= 15 is 0 Å². The minimum Gasteiger partial charge on any atom is -0.480 e. The van der Waals surface area contributed by atoms with Crippen LogP contribution in [-0.2, 0) is 14.9 Å². The summed E-state index contributed by atoms with van der Waals surface area (Å²) >= 11 is 0. The number of hydrogen-bond donors (Lipinski definition) is 2. The van der Waals surface area contributed by atoms with Crippen LogP contribution in [-0.4, -0.2) is 28.8 Å². The molecule has 1 aliphatic rings. The molecule has 0 bridgehead atoms. The van der Waals surface area contributed by atoms with E-state index in [0.717, 1.165) is 0 Å². The number of aliphatic carboxylic acids is 1. The van der Waals surface area contributed by atoms with Gasteiger partial charge in [0.1, 0.15) is 0 Å². The van der Waals surface area contributed by atoms with Gasteiger partial charge in [-0.3, -0.25) is 9.35 Å². The van der Waals surface area contributed by atoms with Crippen LogP contribution in [0.15, 0.2) is 0 Å². The van der Waals surface area contributed by atoms with E-state index in [1.165, 1.54) is 0 Å². The molecule has 0 aliphatic heterocycles. The molecule has 5 nitrogen and oxygen atoms in total. The average molecular weight is 230 g/mol. The van der Waals surface area contributed by atoms with Crippen molar-refractivity contribution in [2.24, 2.45) is 0 Å². The van der Waals surface area contributed by atoms with Crippen LogP contribution >= 0.6 is 0 Å². The molecule has 14 heavy (non-hydrogen) atoms. The fraction of sp³-hybridized carbons (Fsp3) is 0.714. The van der Waals surface area contributed by atoms with Crippen molar-refractivity contribution in [2.75, 3.05) is 0 Å². The Kier molecular flexibility index (Phi) is 5.07. The fourth-order valence-electron chi connectivity index (χ4n) is 1.51. The molecular formula is C7H11NaO5S. The molecule has 0 spiro atoms. The van der Waals surface area contributed by atoms with Crippen molar-refractivity contribution in [1.29, 1.82) is 0 Å². The summed E-state index contributed by atoms with van der Waals surface area (Å²) in [7, 11) is -4.52. The molecule has 0 radical (unpaired) electrons. The molecule has 0 aromatic carbocycles. The third kappa shape index (κ3) is 2.49. The van der Waals surface area contributed by atoms with Gasteiger partial charge in [0.25, 0.3) is 10.1 Å². The number of carboxylic acid groups (broad SMARTS) is 1. The minimum atomic E-state index is -4.52. The number of carbonyl (C=O) groups is 1. The molecule has 1 unspecified atom stereocenters. The second-order valence-corrected chi connectivity index (χ2v) is 4.89. The first-order valence-corrected chi connectivity index (χ1v) is 5.36. The van der Waals surface area contributed by atoms with Crippen LogP contribution in [0.1, 0.15) is 25.7 Å². The van der Waals surface area contributed by atoms with Gasteiger partial charge in [-0.25, -0.2) is 0 Å². The van der Waals surface area contributed by atoms with E-state index in [1.807, 2.05) is 0 Å². The Morgan fingerprint density at radius 2 is 2.00 bits per heavy atom. The quantitative estimate of drug-likeness (QED) is 0.310. The van der Waals surface area contributed by atoms with Gasteiger partial charge in [-0.15, -0.1) is 6.42 Å². The molecule has 0 heterocycles. The zero-order chi connectivity index (χ0) is 10.1. The second kappa shape index (κ2) is 4.94. The zero-order valence-corrected chi connectivity index (χ0v) is 10.7. The van der Waals surface area contributed by atoms with E-state index < -0.39 is 20.8 Å². The van der Waals surface area contributed by atoms with E-state index in [4.69, 9.17) is 9.66 Å². The monoisotopic (exact) mass is 230 g/mol. The molecule has 1 fully saturated rings. The third-order valence-electron chi connectivity index (χ3n) is 2.35. The Bertz CT molecular complexity index is 304. The molecule has 7 heteroatoms. The predicted octanol–water partition coefficient (Wildman–Crippen LogP) is -2.52. The Morgan fingerprint density at radius 1 is 1.43 bits per heavy atom. The Balaban J connectivity index is 0.00000169. The molecular weight excluding hydrogens is 219 g/mol. The summed E-state index contributed by atoms with van der Waals surface area (Å²) in [6.07, 6.45) is 2.64. The Morgan fingerprint density at radius 3 is 2.21 bits per heavy atom. The van der Waals surface area contributed by atoms with Crippen LogP contribution in [0.4, 0.5) is 0 Å². The summed E-state index contributed by atoms with van der Waals surface area (Å²) in [5.41, 5.74) is 0. The molecule has 1 atom stereocenters. The van der Waals surface area contributed by atoms with Crippen molar-refractivity contribution in [3.8, 4) is 0 Å². The predicted molar refractivity (Wildman–Crippen MR) is 44.7 cm³/mol. The van der Waals surface area contributed by atoms with Gasteiger partial charge in [-0.1, -0.05) is 6.42 Å². The maximum absolute atomic E-state index is 10.9. The summed E-state index contributed by atoms with van der Waals surface area (Å²) in [5.74, 6) is -1.47. The van der Waals surface area contributed by atoms with Crippen molar-refractivity contribution in [3.05, 3.63) is 6.42 Å². The first-order valence-electron chi connectivity index (χ1n) is 3.92. The zero-order valence-electron chi connectivity index (χ0n) is 7.93. The maximum Gasteiger partial charge on any atom is 1.00 e. The fourth-order valence-corrected chi connectivity index (χ4v) is 2.46. The van der Waals surface area contributed by atoms with Gasteiger partial charge >= 0.3 is 35.5 Å². The molecule has 0 aromatic rings. The van der Waals surface area contributed by atoms with E-state index in [-0.39, 0.29) is 42.4 Å². The molecule has 2 N–H and O–H groups in total. The molecule has 1 saturated carbocycles. The van der Waals surface area contributed by atoms with Crippen molar-refractivity contribution < 1.29 is 52.4 Å². The first-order chi connectivity index (χ1) is 5.90. The van der Waals surface area contributed by atoms with Gasteiger partial charge in [0, 0.05) is 0 Å².